The molecule has 1 fully saturated rings. The van der Waals surface area contributed by atoms with Crippen molar-refractivity contribution in [1.29, 1.82) is 0 Å². The highest BCUT2D eigenvalue weighted by molar-refractivity contribution is 7.91. The summed E-state index contributed by atoms with van der Waals surface area (Å²) in [5.74, 6) is 0.289. The topological polar surface area (TPSA) is 112 Å². The van der Waals surface area contributed by atoms with Crippen LogP contribution in [-0.2, 0) is 19.4 Å². The lowest BCUT2D eigenvalue weighted by Gasteiger charge is -2.28. The monoisotopic (exact) mass is 451 g/mol. The molecule has 9 nitrogen and oxygen atoms in total. The SMILES string of the molecule is CCCCN(C(=O)COC(=O)c1cc(C)n(-c2cc(C)on2)c1C)C1CCS(=O)(=O)C1. The second kappa shape index (κ2) is 9.25. The number of ether oxygens (including phenoxy) is 1. The molecule has 0 aromatic carbocycles. The summed E-state index contributed by atoms with van der Waals surface area (Å²) in [4.78, 5) is 27.0. The molecule has 0 saturated carbocycles. The van der Waals surface area contributed by atoms with Crippen LogP contribution in [0.3, 0.4) is 0 Å². The highest BCUT2D eigenvalue weighted by Crippen LogP contribution is 2.22. The minimum Gasteiger partial charge on any atom is -0.452 e. The fourth-order valence-electron chi connectivity index (χ4n) is 3.93. The summed E-state index contributed by atoms with van der Waals surface area (Å²) in [7, 11) is -3.12. The number of rotatable bonds is 8. The van der Waals surface area contributed by atoms with Crippen LogP contribution in [0.1, 0.15) is 53.7 Å². The Bertz CT molecular complexity index is 1070. The summed E-state index contributed by atoms with van der Waals surface area (Å²) in [5, 5.41) is 3.99. The maximum Gasteiger partial charge on any atom is 0.340 e. The Morgan fingerprint density at radius 2 is 2.03 bits per heavy atom. The molecule has 3 rings (SSSR count). The van der Waals surface area contributed by atoms with Crippen LogP contribution >= 0.6 is 0 Å². The van der Waals surface area contributed by atoms with Crippen LogP contribution in [0.15, 0.2) is 16.7 Å². The van der Waals surface area contributed by atoms with E-state index in [0.717, 1.165) is 18.5 Å². The molecular weight excluding hydrogens is 422 g/mol. The molecule has 1 saturated heterocycles. The number of carbonyl (C=O) groups is 2. The fourth-order valence-corrected chi connectivity index (χ4v) is 5.66. The Balaban J connectivity index is 1.69. The van der Waals surface area contributed by atoms with Gasteiger partial charge in [0.1, 0.15) is 5.76 Å². The van der Waals surface area contributed by atoms with Crippen molar-refractivity contribution in [1.82, 2.24) is 14.6 Å². The third kappa shape index (κ3) is 5.17. The molecule has 1 amide bonds. The molecule has 0 radical (unpaired) electrons. The van der Waals surface area contributed by atoms with E-state index in [-0.39, 0.29) is 23.5 Å². The zero-order valence-electron chi connectivity index (χ0n) is 18.4. The maximum atomic E-state index is 12.8. The lowest BCUT2D eigenvalue weighted by atomic mass is 10.2. The van der Waals surface area contributed by atoms with Gasteiger partial charge >= 0.3 is 5.97 Å². The average molecular weight is 452 g/mol. The third-order valence-electron chi connectivity index (χ3n) is 5.54. The van der Waals surface area contributed by atoms with Gasteiger partial charge < -0.3 is 14.2 Å². The zero-order valence-corrected chi connectivity index (χ0v) is 19.2. The van der Waals surface area contributed by atoms with Crippen molar-refractivity contribution >= 4 is 21.7 Å². The summed E-state index contributed by atoms with van der Waals surface area (Å²) in [6.07, 6.45) is 2.05. The van der Waals surface area contributed by atoms with Crippen LogP contribution in [0.2, 0.25) is 0 Å². The first-order valence-electron chi connectivity index (χ1n) is 10.4. The number of hydrogen-bond donors (Lipinski definition) is 0. The lowest BCUT2D eigenvalue weighted by molar-refractivity contribution is -0.136. The number of amides is 1. The predicted molar refractivity (Wildman–Crippen MR) is 114 cm³/mol. The molecule has 0 aliphatic carbocycles. The lowest BCUT2D eigenvalue weighted by Crippen LogP contribution is -2.43. The second-order valence-electron chi connectivity index (χ2n) is 7.99. The molecule has 1 atom stereocenters. The molecule has 31 heavy (non-hydrogen) atoms. The first-order valence-corrected chi connectivity index (χ1v) is 12.2. The van der Waals surface area contributed by atoms with Gasteiger partial charge in [0.05, 0.1) is 17.1 Å². The molecule has 2 aromatic heterocycles. The highest BCUT2D eigenvalue weighted by atomic mass is 32.2. The van der Waals surface area contributed by atoms with E-state index in [2.05, 4.69) is 5.16 Å². The van der Waals surface area contributed by atoms with Crippen molar-refractivity contribution in [2.45, 2.75) is 53.0 Å². The van der Waals surface area contributed by atoms with Gasteiger partial charge in [-0.05, 0) is 39.7 Å². The molecule has 0 bridgehead atoms. The number of aromatic nitrogens is 2. The van der Waals surface area contributed by atoms with E-state index in [4.69, 9.17) is 9.26 Å². The zero-order chi connectivity index (χ0) is 22.8. The summed E-state index contributed by atoms with van der Waals surface area (Å²) in [5.41, 5.74) is 1.76. The number of sulfone groups is 1. The molecule has 1 aliphatic heterocycles. The van der Waals surface area contributed by atoms with E-state index < -0.39 is 22.4 Å². The Morgan fingerprint density at radius 3 is 2.61 bits per heavy atom. The van der Waals surface area contributed by atoms with Gasteiger partial charge in [-0.15, -0.1) is 0 Å². The fraction of sp³-hybridized carbons (Fsp3) is 0.571. The van der Waals surface area contributed by atoms with E-state index in [1.165, 1.54) is 0 Å². The third-order valence-corrected chi connectivity index (χ3v) is 7.29. The van der Waals surface area contributed by atoms with Crippen molar-refractivity contribution in [3.8, 4) is 5.82 Å². The first kappa shape index (κ1) is 23.1. The summed E-state index contributed by atoms with van der Waals surface area (Å²) < 4.78 is 35.9. The van der Waals surface area contributed by atoms with Crippen LogP contribution in [-0.4, -0.2) is 65.6 Å². The number of nitrogens with zero attached hydrogens (tertiary/aromatic N) is 3. The Kier molecular flexibility index (Phi) is 6.88. The molecule has 10 heteroatoms. The van der Waals surface area contributed by atoms with Gasteiger partial charge in [0, 0.05) is 30.0 Å². The minimum atomic E-state index is -3.12. The van der Waals surface area contributed by atoms with Crippen LogP contribution in [0.25, 0.3) is 5.82 Å². The maximum absolute atomic E-state index is 12.8. The van der Waals surface area contributed by atoms with Crippen molar-refractivity contribution in [2.24, 2.45) is 0 Å². The van der Waals surface area contributed by atoms with E-state index >= 15 is 0 Å². The van der Waals surface area contributed by atoms with Crippen molar-refractivity contribution in [3.05, 3.63) is 34.8 Å². The van der Waals surface area contributed by atoms with Crippen molar-refractivity contribution in [3.63, 3.8) is 0 Å². The molecule has 3 heterocycles. The molecule has 0 N–H and O–H groups in total. The second-order valence-corrected chi connectivity index (χ2v) is 10.2. The first-order chi connectivity index (χ1) is 14.6. The van der Waals surface area contributed by atoms with E-state index in [9.17, 15) is 18.0 Å². The number of aryl methyl sites for hydroxylation is 2. The largest absolute Gasteiger partial charge is 0.452 e. The van der Waals surface area contributed by atoms with E-state index in [0.29, 0.717) is 35.8 Å². The smallest absolute Gasteiger partial charge is 0.340 e. The number of unbranched alkanes of at least 4 members (excludes halogenated alkanes) is 1. The normalized spacial score (nSPS) is 17.6. The van der Waals surface area contributed by atoms with E-state index in [1.807, 2.05) is 13.8 Å². The quantitative estimate of drug-likeness (QED) is 0.566. The van der Waals surface area contributed by atoms with Crippen molar-refractivity contribution < 1.29 is 27.3 Å². The molecule has 1 unspecified atom stereocenters. The molecular formula is C21H29N3O6S. The van der Waals surface area contributed by atoms with Gasteiger partial charge in [-0.3, -0.25) is 9.36 Å². The standard InChI is InChI=1S/C21H29N3O6S/c1-5-6-8-23(17-7-9-31(27,28)13-17)20(25)12-29-21(26)18-10-14(2)24(16(18)4)19-11-15(3)30-22-19/h10-11,17H,5-9,12-13H2,1-4H3. The number of hydrogen-bond acceptors (Lipinski definition) is 7. The summed E-state index contributed by atoms with van der Waals surface area (Å²) >= 11 is 0. The van der Waals surface area contributed by atoms with Gasteiger partial charge in [-0.1, -0.05) is 18.5 Å². The van der Waals surface area contributed by atoms with Crippen molar-refractivity contribution in [2.75, 3.05) is 24.7 Å². The minimum absolute atomic E-state index is 0.0331. The molecule has 1 aliphatic rings. The van der Waals surface area contributed by atoms with Gasteiger partial charge in [-0.25, -0.2) is 13.2 Å². The Labute approximate surface area is 182 Å². The van der Waals surface area contributed by atoms with Crippen LogP contribution in [0.5, 0.6) is 0 Å². The van der Waals surface area contributed by atoms with Gasteiger partial charge in [-0.2, -0.15) is 0 Å². The summed E-state index contributed by atoms with van der Waals surface area (Å²) in [6.45, 7) is 7.42. The van der Waals surface area contributed by atoms with Crippen LogP contribution in [0, 0.1) is 20.8 Å². The van der Waals surface area contributed by atoms with Gasteiger partial charge in [0.2, 0.25) is 0 Å². The molecule has 2 aromatic rings. The van der Waals surface area contributed by atoms with E-state index in [1.54, 1.807) is 35.4 Å². The Morgan fingerprint density at radius 1 is 1.29 bits per heavy atom. The number of esters is 1. The molecule has 0 spiro atoms. The van der Waals surface area contributed by atoms with Gasteiger partial charge in [0.15, 0.2) is 22.3 Å². The van der Waals surface area contributed by atoms with Gasteiger partial charge in [0.25, 0.3) is 5.91 Å². The Hall–Kier alpha value is -2.62. The number of carbonyl (C=O) groups excluding carboxylic acids is 2. The van der Waals surface area contributed by atoms with Crippen LogP contribution < -0.4 is 0 Å². The predicted octanol–water partition coefficient (Wildman–Crippen LogP) is 2.36. The van der Waals surface area contributed by atoms with Crippen LogP contribution in [0.4, 0.5) is 0 Å². The highest BCUT2D eigenvalue weighted by Gasteiger charge is 2.34. The molecule has 170 valence electrons. The summed E-state index contributed by atoms with van der Waals surface area (Å²) in [6, 6.07) is 3.09. The average Bonchev–Trinajstić information content (AvgIpc) is 3.37.